The smallest absolute Gasteiger partial charge is 0.0948 e. The van der Waals surface area contributed by atoms with Crippen LogP contribution in [-0.4, -0.2) is 22.6 Å². The summed E-state index contributed by atoms with van der Waals surface area (Å²) in [5.74, 6) is 0.816. The van der Waals surface area contributed by atoms with Crippen LogP contribution in [0, 0.1) is 5.92 Å². The Hall–Kier alpha value is -0.830. The molecule has 78 valence electrons. The van der Waals surface area contributed by atoms with Crippen molar-refractivity contribution in [1.29, 1.82) is 0 Å². The number of imidazole rings is 1. The van der Waals surface area contributed by atoms with Crippen LogP contribution in [-0.2, 0) is 0 Å². The molecule has 2 unspecified atom stereocenters. The summed E-state index contributed by atoms with van der Waals surface area (Å²) in [6.07, 6.45) is 9.79. The number of aromatic nitrogens is 2. The molecule has 2 atom stereocenters. The molecule has 0 radical (unpaired) electrons. The first-order valence-corrected chi connectivity index (χ1v) is 5.60. The molecule has 0 bridgehead atoms. The van der Waals surface area contributed by atoms with Crippen LogP contribution in [0.5, 0.6) is 0 Å². The van der Waals surface area contributed by atoms with E-state index in [1.165, 1.54) is 19.3 Å². The quantitative estimate of drug-likeness (QED) is 0.723. The topological polar surface area (TPSA) is 29.9 Å². The fourth-order valence-corrected chi connectivity index (χ4v) is 2.11. The Morgan fingerprint density at radius 2 is 2.43 bits per heavy atom. The van der Waals surface area contributed by atoms with Crippen molar-refractivity contribution in [3.8, 4) is 0 Å². The summed E-state index contributed by atoms with van der Waals surface area (Å²) in [5.41, 5.74) is 0. The van der Waals surface area contributed by atoms with Crippen molar-refractivity contribution in [2.24, 2.45) is 5.92 Å². The van der Waals surface area contributed by atoms with Crippen molar-refractivity contribution < 1.29 is 0 Å². The lowest BCUT2D eigenvalue weighted by Gasteiger charge is -2.37. The minimum absolute atomic E-state index is 0.696. The van der Waals surface area contributed by atoms with E-state index in [0.29, 0.717) is 6.04 Å². The molecule has 1 heterocycles. The van der Waals surface area contributed by atoms with E-state index in [1.807, 2.05) is 12.5 Å². The Balaban J connectivity index is 1.79. The second-order valence-electron chi connectivity index (χ2n) is 4.12. The third-order valence-corrected chi connectivity index (χ3v) is 3.12. The van der Waals surface area contributed by atoms with Crippen molar-refractivity contribution in [2.45, 2.75) is 32.2 Å². The highest BCUT2D eigenvalue weighted by molar-refractivity contribution is 4.91. The van der Waals surface area contributed by atoms with Gasteiger partial charge in [0.15, 0.2) is 0 Å². The Morgan fingerprint density at radius 3 is 3.00 bits per heavy atom. The van der Waals surface area contributed by atoms with E-state index in [1.54, 1.807) is 0 Å². The van der Waals surface area contributed by atoms with Gasteiger partial charge in [-0.25, -0.2) is 4.98 Å². The number of nitrogens with zero attached hydrogens (tertiary/aromatic N) is 2. The zero-order valence-electron chi connectivity index (χ0n) is 8.82. The lowest BCUT2D eigenvalue weighted by atomic mass is 9.79. The summed E-state index contributed by atoms with van der Waals surface area (Å²) >= 11 is 0. The third kappa shape index (κ3) is 1.98. The Morgan fingerprint density at radius 1 is 1.50 bits per heavy atom. The molecule has 3 nitrogen and oxygen atoms in total. The number of hydrogen-bond donors (Lipinski definition) is 1. The van der Waals surface area contributed by atoms with Crippen molar-refractivity contribution in [1.82, 2.24) is 14.9 Å². The molecule has 14 heavy (non-hydrogen) atoms. The van der Waals surface area contributed by atoms with Gasteiger partial charge in [-0.3, -0.25) is 0 Å². The molecular weight excluding hydrogens is 174 g/mol. The molecule has 1 fully saturated rings. The summed E-state index contributed by atoms with van der Waals surface area (Å²) < 4.78 is 2.25. The van der Waals surface area contributed by atoms with Crippen LogP contribution < -0.4 is 5.32 Å². The van der Waals surface area contributed by atoms with Crippen LogP contribution in [0.2, 0.25) is 0 Å². The first-order chi connectivity index (χ1) is 6.92. The van der Waals surface area contributed by atoms with Crippen molar-refractivity contribution in [3.63, 3.8) is 0 Å². The summed E-state index contributed by atoms with van der Waals surface area (Å²) in [7, 11) is 0. The average Bonchev–Trinajstić information content (AvgIpc) is 2.63. The highest BCUT2D eigenvalue weighted by Gasteiger charge is 2.31. The van der Waals surface area contributed by atoms with Gasteiger partial charge in [-0.15, -0.1) is 0 Å². The maximum absolute atomic E-state index is 4.10. The van der Waals surface area contributed by atoms with Gasteiger partial charge in [-0.1, -0.05) is 6.92 Å². The van der Waals surface area contributed by atoms with Gasteiger partial charge < -0.3 is 9.88 Å². The largest absolute Gasteiger partial charge is 0.334 e. The van der Waals surface area contributed by atoms with Gasteiger partial charge in [0, 0.05) is 18.4 Å². The van der Waals surface area contributed by atoms with E-state index >= 15 is 0 Å². The van der Waals surface area contributed by atoms with Crippen molar-refractivity contribution in [2.75, 3.05) is 13.1 Å². The van der Waals surface area contributed by atoms with Gasteiger partial charge >= 0.3 is 0 Å². The maximum Gasteiger partial charge on any atom is 0.0948 e. The highest BCUT2D eigenvalue weighted by Crippen LogP contribution is 2.37. The predicted octanol–water partition coefficient (Wildman–Crippen LogP) is 1.83. The van der Waals surface area contributed by atoms with E-state index in [9.17, 15) is 0 Å². The molecule has 2 rings (SSSR count). The van der Waals surface area contributed by atoms with Gasteiger partial charge in [-0.05, 0) is 38.3 Å². The summed E-state index contributed by atoms with van der Waals surface area (Å²) in [6.45, 7) is 4.52. The van der Waals surface area contributed by atoms with Crippen molar-refractivity contribution in [3.05, 3.63) is 18.7 Å². The molecule has 1 aliphatic rings. The van der Waals surface area contributed by atoms with Crippen LogP contribution >= 0.6 is 0 Å². The molecule has 1 saturated carbocycles. The molecule has 0 amide bonds. The van der Waals surface area contributed by atoms with Gasteiger partial charge in [-0.2, -0.15) is 0 Å². The number of rotatable bonds is 5. The zero-order chi connectivity index (χ0) is 9.80. The lowest BCUT2D eigenvalue weighted by Crippen LogP contribution is -2.36. The number of hydrogen-bond acceptors (Lipinski definition) is 2. The Bertz CT molecular complexity index is 256. The summed E-state index contributed by atoms with van der Waals surface area (Å²) in [5, 5.41) is 3.50. The van der Waals surface area contributed by atoms with Crippen LogP contribution in [0.25, 0.3) is 0 Å². The molecule has 0 aromatic carbocycles. The Labute approximate surface area is 85.5 Å². The van der Waals surface area contributed by atoms with Crippen LogP contribution in [0.15, 0.2) is 18.7 Å². The molecule has 3 heteroatoms. The minimum atomic E-state index is 0.696. The van der Waals surface area contributed by atoms with Crippen LogP contribution in [0.4, 0.5) is 0 Å². The second-order valence-corrected chi connectivity index (χ2v) is 4.12. The fraction of sp³-hybridized carbons (Fsp3) is 0.727. The maximum atomic E-state index is 4.10. The zero-order valence-corrected chi connectivity index (χ0v) is 8.82. The standard InChI is InChI=1S/C11H19N3/c1-2-5-12-8-10-3-4-11(10)14-7-6-13-9-14/h6-7,9-12H,2-5,8H2,1H3. The predicted molar refractivity (Wildman–Crippen MR) is 57.1 cm³/mol. The van der Waals surface area contributed by atoms with Crippen LogP contribution in [0.3, 0.4) is 0 Å². The minimum Gasteiger partial charge on any atom is -0.334 e. The van der Waals surface area contributed by atoms with E-state index in [4.69, 9.17) is 0 Å². The molecule has 1 aromatic rings. The summed E-state index contributed by atoms with van der Waals surface area (Å²) in [6, 6.07) is 0.696. The van der Waals surface area contributed by atoms with Gasteiger partial charge in [0.2, 0.25) is 0 Å². The SMILES string of the molecule is CCCNCC1CCC1n1ccnc1. The van der Waals surface area contributed by atoms with E-state index in [0.717, 1.165) is 19.0 Å². The lowest BCUT2D eigenvalue weighted by molar-refractivity contribution is 0.177. The molecule has 0 spiro atoms. The second kappa shape index (κ2) is 4.60. The third-order valence-electron chi connectivity index (χ3n) is 3.12. The highest BCUT2D eigenvalue weighted by atomic mass is 15.1. The van der Waals surface area contributed by atoms with E-state index < -0.39 is 0 Å². The van der Waals surface area contributed by atoms with E-state index in [-0.39, 0.29) is 0 Å². The number of nitrogens with one attached hydrogen (secondary N) is 1. The van der Waals surface area contributed by atoms with E-state index in [2.05, 4.69) is 28.0 Å². The van der Waals surface area contributed by atoms with Crippen molar-refractivity contribution >= 4 is 0 Å². The molecule has 1 N–H and O–H groups in total. The first kappa shape index (κ1) is 9.71. The van der Waals surface area contributed by atoms with Crippen LogP contribution in [0.1, 0.15) is 32.2 Å². The van der Waals surface area contributed by atoms with Gasteiger partial charge in [0.1, 0.15) is 0 Å². The monoisotopic (exact) mass is 193 g/mol. The Kier molecular flexibility index (Phi) is 3.19. The van der Waals surface area contributed by atoms with Gasteiger partial charge in [0.05, 0.1) is 6.33 Å². The fourth-order valence-electron chi connectivity index (χ4n) is 2.11. The molecule has 0 aliphatic heterocycles. The molecular formula is C11H19N3. The first-order valence-electron chi connectivity index (χ1n) is 5.60. The molecule has 0 saturated heterocycles. The molecule has 1 aliphatic carbocycles. The summed E-state index contributed by atoms with van der Waals surface area (Å²) in [4.78, 5) is 4.10. The van der Waals surface area contributed by atoms with Gasteiger partial charge in [0.25, 0.3) is 0 Å². The molecule has 1 aromatic heterocycles. The average molecular weight is 193 g/mol. The normalized spacial score (nSPS) is 26.1.